The Labute approximate surface area is 117 Å². The number of nitrogens with zero attached hydrogens (tertiary/aromatic N) is 1. The summed E-state index contributed by atoms with van der Waals surface area (Å²) < 4.78 is 25.7. The van der Waals surface area contributed by atoms with Gasteiger partial charge in [-0.3, -0.25) is 0 Å². The minimum Gasteiger partial charge on any atom is -0.390 e. The van der Waals surface area contributed by atoms with Crippen LogP contribution in [0.4, 0.5) is 0 Å². The number of hydrogen-bond acceptors (Lipinski definition) is 4. The van der Waals surface area contributed by atoms with Crippen molar-refractivity contribution in [1.82, 2.24) is 9.62 Å². The maximum atomic E-state index is 11.6. The second-order valence-corrected chi connectivity index (χ2v) is 7.58. The summed E-state index contributed by atoms with van der Waals surface area (Å²) in [6, 6.07) is 0. The van der Waals surface area contributed by atoms with E-state index in [1.165, 1.54) is 0 Å². The summed E-state index contributed by atoms with van der Waals surface area (Å²) in [7, 11) is -3.22. The van der Waals surface area contributed by atoms with Gasteiger partial charge in [0.25, 0.3) is 0 Å². The molecular weight excluding hydrogens is 264 g/mol. The summed E-state index contributed by atoms with van der Waals surface area (Å²) in [6.07, 6.45) is 3.22. The topological polar surface area (TPSA) is 69.6 Å². The Hall–Kier alpha value is -0.170. The fourth-order valence-corrected chi connectivity index (χ4v) is 3.50. The lowest BCUT2D eigenvalue weighted by Gasteiger charge is -2.31. The number of likely N-dealkylation sites (tertiary alicyclic amines) is 1. The first-order valence-electron chi connectivity index (χ1n) is 7.30. The molecule has 0 amide bonds. The summed E-state index contributed by atoms with van der Waals surface area (Å²) in [4.78, 5) is 2.21. The molecule has 0 spiro atoms. The van der Waals surface area contributed by atoms with E-state index in [9.17, 15) is 13.5 Å². The van der Waals surface area contributed by atoms with Gasteiger partial charge in [0.05, 0.1) is 11.9 Å². The van der Waals surface area contributed by atoms with Gasteiger partial charge >= 0.3 is 0 Å². The van der Waals surface area contributed by atoms with Crippen molar-refractivity contribution in [3.63, 3.8) is 0 Å². The van der Waals surface area contributed by atoms with Gasteiger partial charge in [0.2, 0.25) is 10.0 Å². The first-order valence-corrected chi connectivity index (χ1v) is 8.96. The van der Waals surface area contributed by atoms with Crippen molar-refractivity contribution in [2.45, 2.75) is 45.6 Å². The van der Waals surface area contributed by atoms with E-state index < -0.39 is 16.1 Å². The zero-order valence-corrected chi connectivity index (χ0v) is 13.0. The number of unbranched alkanes of at least 4 members (excludes halogenated alkanes) is 1. The zero-order chi connectivity index (χ0) is 14.3. The van der Waals surface area contributed by atoms with E-state index in [1.807, 2.05) is 6.92 Å². The molecule has 1 fully saturated rings. The Kier molecular flexibility index (Phi) is 7.28. The lowest BCUT2D eigenvalue weighted by molar-refractivity contribution is 0.0942. The molecule has 2 N–H and O–H groups in total. The molecule has 1 heterocycles. The fraction of sp³-hybridized carbons (Fsp3) is 1.00. The molecule has 0 aromatic carbocycles. The van der Waals surface area contributed by atoms with Crippen molar-refractivity contribution in [2.75, 3.05) is 31.9 Å². The lowest BCUT2D eigenvalue weighted by atomic mass is 9.99. The van der Waals surface area contributed by atoms with Gasteiger partial charge in [-0.15, -0.1) is 0 Å². The molecular formula is C13H28N2O3S. The van der Waals surface area contributed by atoms with E-state index in [1.54, 1.807) is 0 Å². The number of hydrogen-bond donors (Lipinski definition) is 2. The predicted octanol–water partition coefficient (Wildman–Crippen LogP) is 0.799. The highest BCUT2D eigenvalue weighted by Gasteiger charge is 2.19. The zero-order valence-electron chi connectivity index (χ0n) is 12.1. The van der Waals surface area contributed by atoms with Crippen molar-refractivity contribution in [1.29, 1.82) is 0 Å². The molecule has 0 saturated carbocycles. The number of piperidine rings is 1. The van der Waals surface area contributed by atoms with Gasteiger partial charge in [-0.25, -0.2) is 13.1 Å². The Morgan fingerprint density at radius 2 is 2.00 bits per heavy atom. The third-order valence-corrected chi connectivity index (χ3v) is 5.08. The van der Waals surface area contributed by atoms with Crippen LogP contribution in [0.3, 0.4) is 0 Å². The van der Waals surface area contributed by atoms with Crippen LogP contribution in [0, 0.1) is 5.92 Å². The molecule has 0 aromatic rings. The molecule has 0 aromatic heterocycles. The van der Waals surface area contributed by atoms with E-state index in [-0.39, 0.29) is 12.3 Å². The van der Waals surface area contributed by atoms with Crippen LogP contribution in [0.2, 0.25) is 0 Å². The quantitative estimate of drug-likeness (QED) is 0.694. The van der Waals surface area contributed by atoms with Crippen molar-refractivity contribution >= 4 is 10.0 Å². The highest BCUT2D eigenvalue weighted by Crippen LogP contribution is 2.15. The molecule has 0 aliphatic carbocycles. The van der Waals surface area contributed by atoms with Gasteiger partial charge in [-0.2, -0.15) is 0 Å². The maximum Gasteiger partial charge on any atom is 0.211 e. The van der Waals surface area contributed by atoms with Crippen LogP contribution >= 0.6 is 0 Å². The second-order valence-electron chi connectivity index (χ2n) is 5.66. The normalized spacial score (nSPS) is 20.6. The maximum absolute atomic E-state index is 11.6. The first kappa shape index (κ1) is 16.9. The van der Waals surface area contributed by atoms with E-state index in [4.69, 9.17) is 0 Å². The molecule has 1 saturated heterocycles. The van der Waals surface area contributed by atoms with Crippen molar-refractivity contribution in [2.24, 2.45) is 5.92 Å². The Balaban J connectivity index is 2.22. The number of aliphatic hydroxyl groups is 1. The second kappa shape index (κ2) is 8.19. The van der Waals surface area contributed by atoms with Gasteiger partial charge in [0.15, 0.2) is 0 Å². The molecule has 1 aliphatic rings. The van der Waals surface area contributed by atoms with E-state index >= 15 is 0 Å². The van der Waals surface area contributed by atoms with Crippen LogP contribution in [-0.4, -0.2) is 56.5 Å². The Morgan fingerprint density at radius 1 is 1.37 bits per heavy atom. The summed E-state index contributed by atoms with van der Waals surface area (Å²) >= 11 is 0. The molecule has 114 valence electrons. The summed E-state index contributed by atoms with van der Waals surface area (Å²) in [5, 5.41) is 9.89. The van der Waals surface area contributed by atoms with Crippen LogP contribution in [0.15, 0.2) is 0 Å². The van der Waals surface area contributed by atoms with E-state index in [2.05, 4.69) is 16.5 Å². The number of aliphatic hydroxyl groups excluding tert-OH is 1. The number of sulfonamides is 1. The van der Waals surface area contributed by atoms with Crippen LogP contribution in [0.25, 0.3) is 0 Å². The van der Waals surface area contributed by atoms with Crippen LogP contribution in [0.5, 0.6) is 0 Å². The van der Waals surface area contributed by atoms with Gasteiger partial charge in [-0.05, 0) is 38.3 Å². The highest BCUT2D eigenvalue weighted by molar-refractivity contribution is 7.89. The summed E-state index contributed by atoms with van der Waals surface area (Å²) in [5.74, 6) is 0.915. The monoisotopic (exact) mass is 292 g/mol. The Morgan fingerprint density at radius 3 is 2.58 bits per heavy atom. The number of rotatable bonds is 8. The highest BCUT2D eigenvalue weighted by atomic mass is 32.2. The van der Waals surface area contributed by atoms with Gasteiger partial charge in [0.1, 0.15) is 0 Å². The van der Waals surface area contributed by atoms with Gasteiger partial charge in [-0.1, -0.05) is 20.3 Å². The SMILES string of the molecule is CCCCS(=O)(=O)NCC(O)CN1CCC(C)CC1. The third-order valence-electron chi connectivity index (χ3n) is 3.65. The molecule has 1 aliphatic heterocycles. The first-order chi connectivity index (χ1) is 8.93. The Bertz CT molecular complexity index is 338. The molecule has 1 atom stereocenters. The van der Waals surface area contributed by atoms with Crippen LogP contribution in [-0.2, 0) is 10.0 Å². The molecule has 0 radical (unpaired) electrons. The lowest BCUT2D eigenvalue weighted by Crippen LogP contribution is -2.43. The van der Waals surface area contributed by atoms with E-state index in [0.717, 1.165) is 38.3 Å². The van der Waals surface area contributed by atoms with Crippen LogP contribution in [0.1, 0.15) is 39.5 Å². The predicted molar refractivity (Wildman–Crippen MR) is 77.5 cm³/mol. The molecule has 5 nitrogen and oxygen atoms in total. The smallest absolute Gasteiger partial charge is 0.211 e. The average Bonchev–Trinajstić information content (AvgIpc) is 2.37. The number of nitrogens with one attached hydrogen (secondary N) is 1. The van der Waals surface area contributed by atoms with Crippen LogP contribution < -0.4 is 4.72 Å². The molecule has 6 heteroatoms. The minimum atomic E-state index is -3.22. The standard InChI is InChI=1S/C13H28N2O3S/c1-3-4-9-19(17,18)14-10-13(16)11-15-7-5-12(2)6-8-15/h12-14,16H,3-11H2,1-2H3. The molecule has 19 heavy (non-hydrogen) atoms. The third kappa shape index (κ3) is 7.25. The summed E-state index contributed by atoms with van der Waals surface area (Å²) in [6.45, 7) is 6.89. The fourth-order valence-electron chi connectivity index (χ4n) is 2.24. The van der Waals surface area contributed by atoms with Crippen molar-refractivity contribution < 1.29 is 13.5 Å². The minimum absolute atomic E-state index is 0.123. The largest absolute Gasteiger partial charge is 0.390 e. The van der Waals surface area contributed by atoms with Crippen molar-refractivity contribution in [3.05, 3.63) is 0 Å². The van der Waals surface area contributed by atoms with Gasteiger partial charge in [0, 0.05) is 13.1 Å². The molecule has 1 unspecified atom stereocenters. The van der Waals surface area contributed by atoms with Crippen molar-refractivity contribution in [3.8, 4) is 0 Å². The van der Waals surface area contributed by atoms with E-state index in [0.29, 0.717) is 13.0 Å². The average molecular weight is 292 g/mol. The molecule has 1 rings (SSSR count). The summed E-state index contributed by atoms with van der Waals surface area (Å²) in [5.41, 5.74) is 0. The molecule has 0 bridgehead atoms. The van der Waals surface area contributed by atoms with Gasteiger partial charge < -0.3 is 10.0 Å². The number of β-amino-alcohol motifs (C(OH)–C–C–N with tert-alkyl or cyclic N) is 1.